The number of amides is 2. The summed E-state index contributed by atoms with van der Waals surface area (Å²) in [5.41, 5.74) is 0.840. The van der Waals surface area contributed by atoms with Crippen molar-refractivity contribution >= 4 is 34.3 Å². The summed E-state index contributed by atoms with van der Waals surface area (Å²) < 4.78 is 11.4. The molecule has 2 amide bonds. The quantitative estimate of drug-likeness (QED) is 0.657. The number of pyridine rings is 1. The lowest BCUT2D eigenvalue weighted by atomic mass is 10.0. The number of morpholine rings is 1. The Kier molecular flexibility index (Phi) is 7.61. The molecule has 0 radical (unpaired) electrons. The summed E-state index contributed by atoms with van der Waals surface area (Å²) in [5.74, 6) is 0.646. The highest BCUT2D eigenvalue weighted by Crippen LogP contribution is 2.28. The number of carbonyl (C=O) groups is 2. The summed E-state index contributed by atoms with van der Waals surface area (Å²) in [7, 11) is 0. The van der Waals surface area contributed by atoms with Crippen LogP contribution in [0, 0.1) is 0 Å². The molecule has 190 valence electrons. The number of piperidine rings is 1. The molecule has 0 aliphatic carbocycles. The zero-order valence-electron chi connectivity index (χ0n) is 21.1. The summed E-state index contributed by atoms with van der Waals surface area (Å²) >= 11 is 1.35. The van der Waals surface area contributed by atoms with Gasteiger partial charge in [0.2, 0.25) is 5.91 Å². The van der Waals surface area contributed by atoms with Crippen molar-refractivity contribution < 1.29 is 19.1 Å². The Balaban J connectivity index is 1.44. The molecule has 0 bridgehead atoms. The first-order valence-corrected chi connectivity index (χ1v) is 13.1. The topological polar surface area (TPSA) is 96.9 Å². The third kappa shape index (κ3) is 6.49. The van der Waals surface area contributed by atoms with Crippen molar-refractivity contribution in [3.8, 4) is 11.4 Å². The molecule has 0 aromatic carbocycles. The van der Waals surface area contributed by atoms with Crippen molar-refractivity contribution in [2.24, 2.45) is 0 Å². The third-order valence-electron chi connectivity index (χ3n) is 5.91. The minimum Gasteiger partial charge on any atom is -0.444 e. The minimum absolute atomic E-state index is 0.144. The van der Waals surface area contributed by atoms with Crippen molar-refractivity contribution in [1.82, 2.24) is 14.9 Å². The van der Waals surface area contributed by atoms with Gasteiger partial charge in [0, 0.05) is 25.0 Å². The molecule has 2 aliphatic heterocycles. The Labute approximate surface area is 210 Å². The van der Waals surface area contributed by atoms with Gasteiger partial charge in [-0.25, -0.2) is 14.8 Å². The van der Waals surface area contributed by atoms with Crippen molar-refractivity contribution in [2.75, 3.05) is 29.9 Å². The number of likely N-dealkylation sites (tertiary alicyclic amines) is 1. The molecule has 10 heteroatoms. The maximum atomic E-state index is 13.1. The first-order chi connectivity index (χ1) is 16.6. The maximum Gasteiger partial charge on any atom is 0.410 e. The van der Waals surface area contributed by atoms with Crippen LogP contribution in [0.15, 0.2) is 23.6 Å². The van der Waals surface area contributed by atoms with Crippen molar-refractivity contribution in [2.45, 2.75) is 77.7 Å². The van der Waals surface area contributed by atoms with Crippen molar-refractivity contribution in [3.05, 3.63) is 23.6 Å². The molecule has 2 aliphatic rings. The van der Waals surface area contributed by atoms with Gasteiger partial charge in [0.05, 0.1) is 17.9 Å². The molecule has 2 aromatic rings. The Bertz CT molecular complexity index is 1040. The Hall–Kier alpha value is -2.72. The summed E-state index contributed by atoms with van der Waals surface area (Å²) in [6, 6.07) is 5.32. The number of aromatic nitrogens is 2. The summed E-state index contributed by atoms with van der Waals surface area (Å²) in [6.07, 6.45) is 2.17. The number of thiazole rings is 1. The van der Waals surface area contributed by atoms with Crippen LogP contribution in [-0.4, -0.2) is 70.4 Å². The van der Waals surface area contributed by atoms with Crippen LogP contribution in [0.1, 0.15) is 53.9 Å². The highest BCUT2D eigenvalue weighted by molar-refractivity contribution is 7.14. The molecule has 0 saturated carbocycles. The smallest absolute Gasteiger partial charge is 0.410 e. The lowest BCUT2D eigenvalue weighted by Crippen LogP contribution is -2.51. The van der Waals surface area contributed by atoms with Gasteiger partial charge >= 0.3 is 6.09 Å². The zero-order chi connectivity index (χ0) is 25.2. The Morgan fingerprint density at radius 3 is 2.57 bits per heavy atom. The number of hydrogen-bond donors (Lipinski definition) is 1. The van der Waals surface area contributed by atoms with Gasteiger partial charge in [-0.1, -0.05) is 6.07 Å². The number of carbonyl (C=O) groups excluding carboxylic acids is 2. The molecule has 1 N–H and O–H groups in total. The lowest BCUT2D eigenvalue weighted by Gasteiger charge is -2.36. The van der Waals surface area contributed by atoms with Crippen LogP contribution in [0.2, 0.25) is 0 Å². The first kappa shape index (κ1) is 25.4. The van der Waals surface area contributed by atoms with Crippen LogP contribution < -0.4 is 10.2 Å². The van der Waals surface area contributed by atoms with Crippen LogP contribution in [0.4, 0.5) is 15.7 Å². The predicted octanol–water partition coefficient (Wildman–Crippen LogP) is 4.55. The van der Waals surface area contributed by atoms with Gasteiger partial charge in [0.1, 0.15) is 23.2 Å². The highest BCUT2D eigenvalue weighted by Gasteiger charge is 2.35. The molecule has 3 atom stereocenters. The van der Waals surface area contributed by atoms with Crippen molar-refractivity contribution in [1.29, 1.82) is 0 Å². The average molecular weight is 502 g/mol. The first-order valence-electron chi connectivity index (χ1n) is 12.2. The fraction of sp³-hybridized carbons (Fsp3) is 0.600. The molecule has 4 rings (SSSR count). The van der Waals surface area contributed by atoms with Gasteiger partial charge in [0.25, 0.3) is 0 Å². The number of nitrogens with one attached hydrogen (secondary N) is 1. The monoisotopic (exact) mass is 501 g/mol. The number of anilines is 2. The fourth-order valence-electron chi connectivity index (χ4n) is 4.49. The molecule has 2 fully saturated rings. The van der Waals surface area contributed by atoms with Crippen LogP contribution in [-0.2, 0) is 14.3 Å². The number of hydrogen-bond acceptors (Lipinski definition) is 8. The van der Waals surface area contributed by atoms with E-state index in [2.05, 4.69) is 29.0 Å². The van der Waals surface area contributed by atoms with E-state index in [1.165, 1.54) is 16.2 Å². The predicted molar refractivity (Wildman–Crippen MR) is 137 cm³/mol. The molecule has 9 nitrogen and oxygen atoms in total. The Morgan fingerprint density at radius 2 is 1.86 bits per heavy atom. The van der Waals surface area contributed by atoms with Gasteiger partial charge in [-0.3, -0.25) is 9.69 Å². The summed E-state index contributed by atoms with van der Waals surface area (Å²) in [4.78, 5) is 38.9. The normalized spacial score (nSPS) is 23.2. The van der Waals surface area contributed by atoms with Crippen molar-refractivity contribution in [3.63, 3.8) is 0 Å². The zero-order valence-corrected chi connectivity index (χ0v) is 21.9. The second kappa shape index (κ2) is 10.5. The van der Waals surface area contributed by atoms with E-state index in [4.69, 9.17) is 14.5 Å². The van der Waals surface area contributed by atoms with Gasteiger partial charge in [0.15, 0.2) is 5.13 Å². The standard InChI is InChI=1S/C25H35N5O4S/c1-16-13-29(14-17(2)33-16)21-11-8-9-18(26-21)19-15-35-23(27-19)28-22(31)20-10-6-7-12-30(20)24(32)34-25(3,4)5/h8-9,11,15-17,20H,6-7,10,12-14H2,1-5H3,(H,27,28,31)/t16-,17+,20?. The van der Waals surface area contributed by atoms with E-state index in [-0.39, 0.29) is 18.1 Å². The van der Waals surface area contributed by atoms with E-state index in [9.17, 15) is 9.59 Å². The minimum atomic E-state index is -0.612. The van der Waals surface area contributed by atoms with Crippen LogP contribution in [0.5, 0.6) is 0 Å². The number of rotatable bonds is 4. The van der Waals surface area contributed by atoms with Crippen LogP contribution >= 0.6 is 11.3 Å². The number of ether oxygens (including phenoxy) is 2. The second-order valence-corrected chi connectivity index (χ2v) is 11.1. The van der Waals surface area contributed by atoms with Gasteiger partial charge in [-0.15, -0.1) is 11.3 Å². The van der Waals surface area contributed by atoms with E-state index < -0.39 is 17.7 Å². The van der Waals surface area contributed by atoms with Gasteiger partial charge in [-0.05, 0) is 66.0 Å². The molecule has 2 aromatic heterocycles. The molecule has 0 spiro atoms. The lowest BCUT2D eigenvalue weighted by molar-refractivity contribution is -0.122. The van der Waals surface area contributed by atoms with E-state index in [0.29, 0.717) is 23.8 Å². The van der Waals surface area contributed by atoms with E-state index >= 15 is 0 Å². The van der Waals surface area contributed by atoms with Gasteiger partial charge in [-0.2, -0.15) is 0 Å². The number of nitrogens with zero attached hydrogens (tertiary/aromatic N) is 4. The molecule has 1 unspecified atom stereocenters. The average Bonchev–Trinajstić information content (AvgIpc) is 3.26. The SMILES string of the molecule is C[C@@H]1CN(c2cccc(-c3csc(NC(=O)C4CCCCN4C(=O)OC(C)(C)C)n3)n2)C[C@H](C)O1. The molecular formula is C25H35N5O4S. The fourth-order valence-corrected chi connectivity index (χ4v) is 5.20. The summed E-state index contributed by atoms with van der Waals surface area (Å²) in [5, 5.41) is 5.28. The second-order valence-electron chi connectivity index (χ2n) is 10.3. The van der Waals surface area contributed by atoms with E-state index in [0.717, 1.165) is 37.4 Å². The third-order valence-corrected chi connectivity index (χ3v) is 6.67. The summed E-state index contributed by atoms with van der Waals surface area (Å²) in [6.45, 7) is 11.7. The van der Waals surface area contributed by atoms with E-state index in [1.807, 2.05) is 44.4 Å². The largest absolute Gasteiger partial charge is 0.444 e. The highest BCUT2D eigenvalue weighted by atomic mass is 32.1. The maximum absolute atomic E-state index is 13.1. The van der Waals surface area contributed by atoms with Crippen LogP contribution in [0.3, 0.4) is 0 Å². The molecule has 2 saturated heterocycles. The molecular weight excluding hydrogens is 466 g/mol. The van der Waals surface area contributed by atoms with E-state index in [1.54, 1.807) is 0 Å². The molecule has 35 heavy (non-hydrogen) atoms. The molecule has 4 heterocycles. The van der Waals surface area contributed by atoms with Crippen LogP contribution in [0.25, 0.3) is 11.4 Å². The van der Waals surface area contributed by atoms with Gasteiger partial charge < -0.3 is 19.7 Å². The Morgan fingerprint density at radius 1 is 1.11 bits per heavy atom.